The average Bonchev–Trinajstić information content (AvgIpc) is 3.74. The Hall–Kier alpha value is -7.24. The molecule has 71 heavy (non-hydrogen) atoms. The Bertz CT molecular complexity index is 3460. The van der Waals surface area contributed by atoms with Crippen molar-refractivity contribution in [2.75, 3.05) is 14.7 Å². The molecule has 9 aromatic rings. The lowest BCUT2D eigenvalue weighted by molar-refractivity contribution is 0.332. The third-order valence-corrected chi connectivity index (χ3v) is 16.0. The quantitative estimate of drug-likeness (QED) is 0.155. The van der Waals surface area contributed by atoms with Crippen LogP contribution >= 0.6 is 0 Å². The van der Waals surface area contributed by atoms with Gasteiger partial charge < -0.3 is 19.1 Å². The first kappa shape index (κ1) is 44.9. The number of hydrogen-bond acceptors (Lipinski definition) is 4. The molecule has 0 spiro atoms. The van der Waals surface area contributed by atoms with Crippen molar-refractivity contribution in [1.29, 1.82) is 0 Å². The first-order valence-electron chi connectivity index (χ1n) is 25.7. The van der Waals surface area contributed by atoms with E-state index < -0.39 is 0 Å². The molecule has 3 aliphatic rings. The standard InChI is InChI=1S/C66H64BN3O/c1-63(2,3)44-30-33-48(34-31-44)69-56-42-53-52(65(7,8)36-37-66(53,9)10)41-54(56)67-60-57(69)39-49(68(46-24-16-12-17-25-46)47-26-18-13-19-27-47)40-58(60)70(55-29-21-20-28-50(55)43-22-14-11-15-23-43)61-51-38-45(64(4,5)6)32-35-59(51)71-62(61)67/h11-35,38-42H,36-37H2,1-10H3. The Balaban J connectivity index is 1.27. The Morgan fingerprint density at radius 1 is 0.493 bits per heavy atom. The maximum Gasteiger partial charge on any atom is 0.297 e. The van der Waals surface area contributed by atoms with E-state index >= 15 is 0 Å². The van der Waals surface area contributed by atoms with Gasteiger partial charge in [-0.1, -0.05) is 178 Å². The molecule has 0 saturated heterocycles. The molecule has 0 fully saturated rings. The smallest absolute Gasteiger partial charge is 0.297 e. The van der Waals surface area contributed by atoms with Gasteiger partial charge in [-0.2, -0.15) is 0 Å². The summed E-state index contributed by atoms with van der Waals surface area (Å²) in [4.78, 5) is 7.60. The number of anilines is 9. The van der Waals surface area contributed by atoms with Crippen molar-refractivity contribution in [3.63, 3.8) is 0 Å². The summed E-state index contributed by atoms with van der Waals surface area (Å²) in [5.41, 5.74) is 22.2. The second-order valence-corrected chi connectivity index (χ2v) is 23.7. The van der Waals surface area contributed by atoms with Crippen molar-refractivity contribution in [2.24, 2.45) is 0 Å². The maximum atomic E-state index is 7.54. The van der Waals surface area contributed by atoms with Gasteiger partial charge in [-0.25, -0.2) is 0 Å². The SMILES string of the molecule is CC(C)(C)c1ccc(N2c3cc4c(cc3B3c5oc6ccc(C(C)(C)C)cc6c5N(c5ccccc5-c5ccccc5)c5cc(N(c6ccccc6)c6ccccc6)cc2c53)C(C)(C)CCC4(C)C)cc1. The Labute approximate surface area is 421 Å². The van der Waals surface area contributed by atoms with Crippen molar-refractivity contribution >= 4 is 85.5 Å². The summed E-state index contributed by atoms with van der Waals surface area (Å²) in [7, 11) is 0. The molecule has 0 radical (unpaired) electrons. The number of para-hydroxylation sites is 3. The van der Waals surface area contributed by atoms with Gasteiger partial charge in [-0.15, -0.1) is 0 Å². The Morgan fingerprint density at radius 3 is 1.63 bits per heavy atom. The summed E-state index contributed by atoms with van der Waals surface area (Å²) in [5, 5.41) is 1.12. The van der Waals surface area contributed by atoms with Crippen LogP contribution in [0.15, 0.2) is 186 Å². The molecular formula is C66H64BN3O. The van der Waals surface area contributed by atoms with Gasteiger partial charge in [-0.3, -0.25) is 0 Å². The third-order valence-electron chi connectivity index (χ3n) is 16.0. The lowest BCUT2D eigenvalue weighted by Gasteiger charge is -2.47. The molecule has 0 N–H and O–H groups in total. The van der Waals surface area contributed by atoms with Crippen molar-refractivity contribution in [1.82, 2.24) is 0 Å². The summed E-state index contributed by atoms with van der Waals surface area (Å²) in [6.07, 6.45) is 2.26. The van der Waals surface area contributed by atoms with Gasteiger partial charge in [-0.05, 0) is 146 Å². The zero-order chi connectivity index (χ0) is 49.2. The molecule has 4 nitrogen and oxygen atoms in total. The van der Waals surface area contributed by atoms with Gasteiger partial charge in [0, 0.05) is 45.1 Å². The van der Waals surface area contributed by atoms with Gasteiger partial charge in [0.15, 0.2) is 0 Å². The van der Waals surface area contributed by atoms with Crippen molar-refractivity contribution < 1.29 is 4.42 Å². The first-order chi connectivity index (χ1) is 34.0. The monoisotopic (exact) mass is 926 g/mol. The maximum absolute atomic E-state index is 7.54. The summed E-state index contributed by atoms with van der Waals surface area (Å²) < 4.78 is 7.54. The Kier molecular flexibility index (Phi) is 10.2. The first-order valence-corrected chi connectivity index (χ1v) is 25.7. The van der Waals surface area contributed by atoms with Crippen LogP contribution in [0.2, 0.25) is 0 Å². The minimum absolute atomic E-state index is 0.000252. The fourth-order valence-corrected chi connectivity index (χ4v) is 11.9. The van der Waals surface area contributed by atoms with Gasteiger partial charge in [0.25, 0.3) is 6.71 Å². The van der Waals surface area contributed by atoms with E-state index in [1.807, 2.05) is 0 Å². The van der Waals surface area contributed by atoms with Crippen LogP contribution in [-0.4, -0.2) is 6.71 Å². The molecule has 0 bridgehead atoms. The number of nitrogens with zero attached hydrogens (tertiary/aromatic N) is 3. The highest BCUT2D eigenvalue weighted by molar-refractivity contribution is 7.00. The number of furan rings is 1. The van der Waals surface area contributed by atoms with Crippen LogP contribution in [0, 0.1) is 0 Å². The van der Waals surface area contributed by atoms with E-state index in [2.05, 4.69) is 266 Å². The van der Waals surface area contributed by atoms with Crippen LogP contribution in [0.3, 0.4) is 0 Å². The predicted molar refractivity (Wildman–Crippen MR) is 303 cm³/mol. The second kappa shape index (κ2) is 16.1. The van der Waals surface area contributed by atoms with E-state index in [-0.39, 0.29) is 28.4 Å². The molecule has 2 aliphatic heterocycles. The average molecular weight is 926 g/mol. The summed E-state index contributed by atoms with van der Waals surface area (Å²) in [6, 6.07) is 68.0. The van der Waals surface area contributed by atoms with Crippen LogP contribution in [0.5, 0.6) is 0 Å². The van der Waals surface area contributed by atoms with E-state index in [1.54, 1.807) is 0 Å². The highest BCUT2D eigenvalue weighted by Gasteiger charge is 2.49. The van der Waals surface area contributed by atoms with Crippen molar-refractivity contribution in [3.8, 4) is 11.1 Å². The molecule has 1 aromatic heterocycles. The second-order valence-electron chi connectivity index (χ2n) is 23.7. The van der Waals surface area contributed by atoms with Crippen LogP contribution < -0.4 is 31.3 Å². The van der Waals surface area contributed by atoms with Gasteiger partial charge >= 0.3 is 0 Å². The van der Waals surface area contributed by atoms with Crippen LogP contribution in [0.25, 0.3) is 22.1 Å². The van der Waals surface area contributed by atoms with Crippen molar-refractivity contribution in [2.45, 2.75) is 104 Å². The van der Waals surface area contributed by atoms with E-state index in [1.165, 1.54) is 38.9 Å². The molecule has 0 atom stereocenters. The highest BCUT2D eigenvalue weighted by atomic mass is 16.3. The summed E-state index contributed by atoms with van der Waals surface area (Å²) in [6.45, 7) is 23.4. The zero-order valence-corrected chi connectivity index (χ0v) is 43.1. The van der Waals surface area contributed by atoms with Crippen molar-refractivity contribution in [3.05, 3.63) is 204 Å². The van der Waals surface area contributed by atoms with E-state index in [4.69, 9.17) is 4.42 Å². The van der Waals surface area contributed by atoms with Crippen LogP contribution in [-0.2, 0) is 21.7 Å². The van der Waals surface area contributed by atoms with E-state index in [0.29, 0.717) is 0 Å². The molecule has 8 aromatic carbocycles. The predicted octanol–water partition coefficient (Wildman–Crippen LogP) is 16.6. The minimum Gasteiger partial charge on any atom is -0.468 e. The van der Waals surface area contributed by atoms with Gasteiger partial charge in [0.1, 0.15) is 5.58 Å². The highest BCUT2D eigenvalue weighted by Crippen LogP contribution is 2.54. The molecule has 5 heteroatoms. The molecule has 0 amide bonds. The molecular weight excluding hydrogens is 862 g/mol. The molecule has 0 saturated carbocycles. The minimum atomic E-state index is -0.206. The molecule has 1 aliphatic carbocycles. The third kappa shape index (κ3) is 7.33. The van der Waals surface area contributed by atoms with Gasteiger partial charge in [0.2, 0.25) is 0 Å². The fourth-order valence-electron chi connectivity index (χ4n) is 11.9. The van der Waals surface area contributed by atoms with E-state index in [0.717, 1.165) is 86.1 Å². The number of benzene rings is 8. The molecule has 0 unspecified atom stereocenters. The van der Waals surface area contributed by atoms with Crippen LogP contribution in [0.4, 0.5) is 51.2 Å². The molecule has 3 heterocycles. The normalized spacial score (nSPS) is 15.5. The molecule has 12 rings (SSSR count). The number of rotatable bonds is 6. The summed E-state index contributed by atoms with van der Waals surface area (Å²) >= 11 is 0. The fraction of sp³-hybridized carbons (Fsp3) is 0.242. The largest absolute Gasteiger partial charge is 0.468 e. The van der Waals surface area contributed by atoms with E-state index in [9.17, 15) is 0 Å². The zero-order valence-electron chi connectivity index (χ0n) is 43.1. The molecule has 352 valence electrons. The summed E-state index contributed by atoms with van der Waals surface area (Å²) in [5.74, 6) is 0. The lowest BCUT2D eigenvalue weighted by Crippen LogP contribution is -2.61. The van der Waals surface area contributed by atoms with Gasteiger partial charge in [0.05, 0.1) is 22.7 Å². The topological polar surface area (TPSA) is 22.9 Å². The number of fused-ring (bicyclic) bond motifs is 7. The van der Waals surface area contributed by atoms with Crippen LogP contribution in [0.1, 0.15) is 104 Å². The lowest BCUT2D eigenvalue weighted by atomic mass is 9.35. The Morgan fingerprint density at radius 2 is 1.03 bits per heavy atom. The number of hydrogen-bond donors (Lipinski definition) is 0.